The van der Waals surface area contributed by atoms with E-state index in [-0.39, 0.29) is 5.82 Å². The van der Waals surface area contributed by atoms with Gasteiger partial charge in [-0.2, -0.15) is 0 Å². The second-order valence-electron chi connectivity index (χ2n) is 4.83. The molecule has 0 saturated carbocycles. The Morgan fingerprint density at radius 1 is 1.44 bits per heavy atom. The Morgan fingerprint density at radius 2 is 2.19 bits per heavy atom. The van der Waals surface area contributed by atoms with Gasteiger partial charge in [0, 0.05) is 24.3 Å². The van der Waals surface area contributed by atoms with Crippen LogP contribution >= 0.6 is 0 Å². The lowest BCUT2D eigenvalue weighted by atomic mass is 10.1. The fourth-order valence-corrected chi connectivity index (χ4v) is 2.22. The number of hydrogen-bond acceptors (Lipinski definition) is 2. The van der Waals surface area contributed by atoms with Gasteiger partial charge in [-0.05, 0) is 45.0 Å². The maximum Gasteiger partial charge on any atom is 0.128 e. The smallest absolute Gasteiger partial charge is 0.128 e. The summed E-state index contributed by atoms with van der Waals surface area (Å²) in [6.45, 7) is 5.03. The van der Waals surface area contributed by atoms with Crippen molar-refractivity contribution in [2.45, 2.75) is 32.4 Å². The summed E-state index contributed by atoms with van der Waals surface area (Å²) in [4.78, 5) is 2.32. The molecule has 2 unspecified atom stereocenters. The van der Waals surface area contributed by atoms with Gasteiger partial charge in [0.2, 0.25) is 0 Å². The summed E-state index contributed by atoms with van der Waals surface area (Å²) in [7, 11) is 2.13. The van der Waals surface area contributed by atoms with E-state index in [1.165, 1.54) is 0 Å². The second kappa shape index (κ2) is 4.42. The first-order chi connectivity index (χ1) is 7.56. The topological polar surface area (TPSA) is 15.3 Å². The molecule has 2 atom stereocenters. The van der Waals surface area contributed by atoms with Crippen LogP contribution in [0.1, 0.15) is 18.9 Å². The Labute approximate surface area is 96.5 Å². The van der Waals surface area contributed by atoms with Crippen LogP contribution in [0.15, 0.2) is 18.2 Å². The monoisotopic (exact) mass is 222 g/mol. The summed E-state index contributed by atoms with van der Waals surface area (Å²) >= 11 is 0. The van der Waals surface area contributed by atoms with E-state index in [4.69, 9.17) is 0 Å². The minimum atomic E-state index is -0.135. The quantitative estimate of drug-likeness (QED) is 0.827. The maximum absolute atomic E-state index is 13.4. The minimum absolute atomic E-state index is 0.135. The number of rotatable bonds is 2. The molecule has 2 nitrogen and oxygen atoms in total. The van der Waals surface area contributed by atoms with Gasteiger partial charge in [0.05, 0.1) is 0 Å². The Morgan fingerprint density at radius 3 is 2.75 bits per heavy atom. The van der Waals surface area contributed by atoms with Crippen molar-refractivity contribution in [1.29, 1.82) is 0 Å². The molecule has 1 aliphatic rings. The van der Waals surface area contributed by atoms with E-state index in [9.17, 15) is 4.39 Å². The van der Waals surface area contributed by atoms with Crippen molar-refractivity contribution in [3.8, 4) is 0 Å². The van der Waals surface area contributed by atoms with Gasteiger partial charge in [0.15, 0.2) is 0 Å². The molecule has 1 saturated heterocycles. The molecule has 88 valence electrons. The molecular formula is C13H19FN2. The highest BCUT2D eigenvalue weighted by Crippen LogP contribution is 2.20. The number of likely N-dealkylation sites (tertiary alicyclic amines) is 1. The molecule has 2 rings (SSSR count). The molecule has 16 heavy (non-hydrogen) atoms. The van der Waals surface area contributed by atoms with Crippen molar-refractivity contribution in [1.82, 2.24) is 4.90 Å². The summed E-state index contributed by atoms with van der Waals surface area (Å²) in [6.07, 6.45) is 1.12. The summed E-state index contributed by atoms with van der Waals surface area (Å²) in [5.41, 5.74) is 1.58. The van der Waals surface area contributed by atoms with Crippen molar-refractivity contribution in [2.24, 2.45) is 0 Å². The third kappa shape index (κ3) is 2.35. The summed E-state index contributed by atoms with van der Waals surface area (Å²) in [5, 5.41) is 3.39. The van der Waals surface area contributed by atoms with Crippen LogP contribution in [-0.2, 0) is 0 Å². The SMILES string of the molecule is Cc1ccc(NC2CC(C)N(C)C2)cc1F. The van der Waals surface area contributed by atoms with Gasteiger partial charge in [-0.25, -0.2) is 4.39 Å². The van der Waals surface area contributed by atoms with E-state index in [1.54, 1.807) is 13.0 Å². The van der Waals surface area contributed by atoms with Crippen molar-refractivity contribution in [3.63, 3.8) is 0 Å². The number of halogens is 1. The van der Waals surface area contributed by atoms with E-state index in [0.717, 1.165) is 18.7 Å². The minimum Gasteiger partial charge on any atom is -0.381 e. The number of nitrogens with zero attached hydrogens (tertiary/aromatic N) is 1. The highest BCUT2D eigenvalue weighted by Gasteiger charge is 2.25. The summed E-state index contributed by atoms with van der Waals surface area (Å²) < 4.78 is 13.4. The van der Waals surface area contributed by atoms with Crippen LogP contribution in [-0.4, -0.2) is 30.6 Å². The number of anilines is 1. The molecule has 0 amide bonds. The predicted molar refractivity (Wildman–Crippen MR) is 65.3 cm³/mol. The third-order valence-electron chi connectivity index (χ3n) is 3.43. The van der Waals surface area contributed by atoms with E-state index in [0.29, 0.717) is 17.6 Å². The van der Waals surface area contributed by atoms with E-state index < -0.39 is 0 Å². The van der Waals surface area contributed by atoms with Crippen molar-refractivity contribution in [3.05, 3.63) is 29.6 Å². The first kappa shape index (κ1) is 11.4. The Hall–Kier alpha value is -1.09. The molecule has 0 aromatic heterocycles. The molecule has 1 aromatic rings. The molecule has 0 bridgehead atoms. The average Bonchev–Trinajstić information content (AvgIpc) is 2.52. The van der Waals surface area contributed by atoms with E-state index >= 15 is 0 Å². The lowest BCUT2D eigenvalue weighted by Gasteiger charge is -2.14. The van der Waals surface area contributed by atoms with Crippen LogP contribution in [0.4, 0.5) is 10.1 Å². The fraction of sp³-hybridized carbons (Fsp3) is 0.538. The number of likely N-dealkylation sites (N-methyl/N-ethyl adjacent to an activating group) is 1. The summed E-state index contributed by atoms with van der Waals surface area (Å²) in [6, 6.07) is 6.38. The Balaban J connectivity index is 2.02. The molecule has 0 spiro atoms. The number of benzene rings is 1. The van der Waals surface area contributed by atoms with E-state index in [1.807, 2.05) is 12.1 Å². The van der Waals surface area contributed by atoms with Crippen molar-refractivity contribution < 1.29 is 4.39 Å². The van der Waals surface area contributed by atoms with Crippen LogP contribution in [0.3, 0.4) is 0 Å². The largest absolute Gasteiger partial charge is 0.381 e. The van der Waals surface area contributed by atoms with Gasteiger partial charge in [-0.15, -0.1) is 0 Å². The molecule has 1 aliphatic heterocycles. The van der Waals surface area contributed by atoms with Crippen LogP contribution < -0.4 is 5.32 Å². The second-order valence-corrected chi connectivity index (χ2v) is 4.83. The lowest BCUT2D eigenvalue weighted by molar-refractivity contribution is 0.330. The molecule has 0 radical (unpaired) electrons. The Kier molecular flexibility index (Phi) is 3.15. The van der Waals surface area contributed by atoms with Crippen LogP contribution in [0.25, 0.3) is 0 Å². The predicted octanol–water partition coefficient (Wildman–Crippen LogP) is 2.64. The highest BCUT2D eigenvalue weighted by atomic mass is 19.1. The first-order valence-electron chi connectivity index (χ1n) is 5.79. The zero-order valence-corrected chi connectivity index (χ0v) is 10.1. The average molecular weight is 222 g/mol. The first-order valence-corrected chi connectivity index (χ1v) is 5.79. The normalized spacial score (nSPS) is 26.0. The number of hydrogen-bond donors (Lipinski definition) is 1. The zero-order valence-electron chi connectivity index (χ0n) is 10.1. The molecule has 0 aliphatic carbocycles. The molecule has 1 aromatic carbocycles. The van der Waals surface area contributed by atoms with Gasteiger partial charge in [-0.3, -0.25) is 0 Å². The maximum atomic E-state index is 13.4. The molecule has 1 heterocycles. The van der Waals surface area contributed by atoms with Gasteiger partial charge in [0.25, 0.3) is 0 Å². The standard InChI is InChI=1S/C13H19FN2/c1-9-4-5-11(7-13(9)14)15-12-6-10(2)16(3)8-12/h4-5,7,10,12,15H,6,8H2,1-3H3. The van der Waals surface area contributed by atoms with Crippen LogP contribution in [0.2, 0.25) is 0 Å². The van der Waals surface area contributed by atoms with Gasteiger partial charge in [0.1, 0.15) is 5.82 Å². The van der Waals surface area contributed by atoms with Crippen LogP contribution in [0, 0.1) is 12.7 Å². The fourth-order valence-electron chi connectivity index (χ4n) is 2.22. The highest BCUT2D eigenvalue weighted by molar-refractivity contribution is 5.46. The molecule has 3 heteroatoms. The molecule has 1 fully saturated rings. The third-order valence-corrected chi connectivity index (χ3v) is 3.43. The molecule has 1 N–H and O–H groups in total. The number of aryl methyl sites for hydroxylation is 1. The van der Waals surface area contributed by atoms with Crippen molar-refractivity contribution in [2.75, 3.05) is 18.9 Å². The number of nitrogens with one attached hydrogen (secondary N) is 1. The van der Waals surface area contributed by atoms with E-state index in [2.05, 4.69) is 24.2 Å². The molecular weight excluding hydrogens is 203 g/mol. The van der Waals surface area contributed by atoms with Gasteiger partial charge >= 0.3 is 0 Å². The zero-order chi connectivity index (χ0) is 11.7. The van der Waals surface area contributed by atoms with Gasteiger partial charge in [-0.1, -0.05) is 6.07 Å². The van der Waals surface area contributed by atoms with Crippen molar-refractivity contribution >= 4 is 5.69 Å². The van der Waals surface area contributed by atoms with Gasteiger partial charge < -0.3 is 10.2 Å². The Bertz CT molecular complexity index is 368. The summed E-state index contributed by atoms with van der Waals surface area (Å²) in [5.74, 6) is -0.135. The van der Waals surface area contributed by atoms with Crippen LogP contribution in [0.5, 0.6) is 0 Å². The lowest BCUT2D eigenvalue weighted by Crippen LogP contribution is -2.24.